The highest BCUT2D eigenvalue weighted by molar-refractivity contribution is 7.89. The number of nitrogens with zero attached hydrogens (tertiary/aromatic N) is 1. The highest BCUT2D eigenvalue weighted by Crippen LogP contribution is 2.33. The monoisotopic (exact) mass is 452 g/mol. The lowest BCUT2D eigenvalue weighted by Crippen LogP contribution is -2.38. The Hall–Kier alpha value is -3.36. The summed E-state index contributed by atoms with van der Waals surface area (Å²) in [6.07, 6.45) is 0.547. The summed E-state index contributed by atoms with van der Waals surface area (Å²) in [6.45, 7) is 0.967. The highest BCUT2D eigenvalue weighted by Gasteiger charge is 2.27. The Kier molecular flexibility index (Phi) is 6.43. The third-order valence-electron chi connectivity index (χ3n) is 5.22. The molecular weight excluding hydrogens is 428 g/mol. The van der Waals surface area contributed by atoms with Crippen LogP contribution >= 0.6 is 0 Å². The lowest BCUT2D eigenvalue weighted by Gasteiger charge is -2.29. The molecule has 7 nitrogen and oxygen atoms in total. The van der Waals surface area contributed by atoms with Gasteiger partial charge in [0, 0.05) is 12.1 Å². The fraction of sp³-hybridized carbons (Fsp3) is 0.208. The summed E-state index contributed by atoms with van der Waals surface area (Å²) in [5.41, 5.74) is 1.94. The van der Waals surface area contributed by atoms with Crippen LogP contribution in [-0.4, -0.2) is 41.1 Å². The summed E-state index contributed by atoms with van der Waals surface area (Å²) >= 11 is 0. The number of fused-ring (bicyclic) bond motifs is 1. The van der Waals surface area contributed by atoms with E-state index in [2.05, 4.69) is 4.72 Å². The maximum Gasteiger partial charge on any atom is 0.258 e. The molecule has 1 heterocycles. The summed E-state index contributed by atoms with van der Waals surface area (Å²) in [5, 5.41) is 0. The third-order valence-corrected chi connectivity index (χ3v) is 6.70. The van der Waals surface area contributed by atoms with Gasteiger partial charge in [0.2, 0.25) is 10.0 Å². The van der Waals surface area contributed by atoms with E-state index in [4.69, 9.17) is 9.47 Å². The first-order valence-corrected chi connectivity index (χ1v) is 11.7. The maximum atomic E-state index is 13.3. The summed E-state index contributed by atoms with van der Waals surface area (Å²) in [4.78, 5) is 14.8. The Labute approximate surface area is 187 Å². The average Bonchev–Trinajstić information content (AvgIpc) is 2.83. The molecule has 4 rings (SSSR count). The zero-order valence-electron chi connectivity index (χ0n) is 17.7. The van der Waals surface area contributed by atoms with Gasteiger partial charge in [0.05, 0.1) is 19.3 Å². The molecule has 8 heteroatoms. The maximum absolute atomic E-state index is 13.3. The second-order valence-corrected chi connectivity index (χ2v) is 9.01. The molecule has 0 atom stereocenters. The molecule has 1 amide bonds. The summed E-state index contributed by atoms with van der Waals surface area (Å²) in [6, 6.07) is 21.3. The number of para-hydroxylation sites is 2. The Balaban J connectivity index is 1.58. The van der Waals surface area contributed by atoms with Gasteiger partial charge in [0.15, 0.2) is 0 Å². The van der Waals surface area contributed by atoms with Crippen molar-refractivity contribution in [2.24, 2.45) is 0 Å². The van der Waals surface area contributed by atoms with Crippen LogP contribution in [0.25, 0.3) is 0 Å². The lowest BCUT2D eigenvalue weighted by atomic mass is 10.1. The van der Waals surface area contributed by atoms with Crippen LogP contribution in [-0.2, 0) is 16.4 Å². The normalized spacial score (nSPS) is 13.2. The quantitative estimate of drug-likeness (QED) is 0.595. The molecule has 0 unspecified atom stereocenters. The largest absolute Gasteiger partial charge is 0.495 e. The Bertz CT molecular complexity index is 1210. The lowest BCUT2D eigenvalue weighted by molar-refractivity contribution is 0.0976. The number of methoxy groups -OCH3 is 1. The fourth-order valence-corrected chi connectivity index (χ4v) is 4.83. The second-order valence-electron chi connectivity index (χ2n) is 7.27. The molecule has 3 aromatic carbocycles. The molecule has 0 aromatic heterocycles. The fourth-order valence-electron chi connectivity index (χ4n) is 3.61. The van der Waals surface area contributed by atoms with Gasteiger partial charge in [-0.15, -0.1) is 0 Å². The summed E-state index contributed by atoms with van der Waals surface area (Å²) in [5.74, 6) is 0.497. The molecule has 0 spiro atoms. The standard InChI is InChI=1S/C24H24N2O5S/c1-30-22-12-11-19(24(27)26-15-16-31-21-10-6-5-9-20(21)26)17-23(22)32(28,29)25-14-13-18-7-3-2-4-8-18/h2-12,17,25H,13-16H2,1H3. The molecule has 1 aliphatic heterocycles. The molecule has 1 aliphatic rings. The Morgan fingerprint density at radius 2 is 1.81 bits per heavy atom. The zero-order chi connectivity index (χ0) is 22.6. The minimum atomic E-state index is -3.89. The summed E-state index contributed by atoms with van der Waals surface area (Å²) < 4.78 is 39.5. The number of ether oxygens (including phenoxy) is 2. The number of benzene rings is 3. The van der Waals surface area contributed by atoms with E-state index in [1.54, 1.807) is 23.1 Å². The van der Waals surface area contributed by atoms with Crippen LogP contribution in [0.5, 0.6) is 11.5 Å². The number of carbonyl (C=O) groups excluding carboxylic acids is 1. The van der Waals surface area contributed by atoms with Crippen LogP contribution in [0.2, 0.25) is 0 Å². The number of hydrogen-bond acceptors (Lipinski definition) is 5. The highest BCUT2D eigenvalue weighted by atomic mass is 32.2. The van der Waals surface area contributed by atoms with Gasteiger partial charge in [-0.3, -0.25) is 4.79 Å². The van der Waals surface area contributed by atoms with Crippen LogP contribution in [0, 0.1) is 0 Å². The number of nitrogens with one attached hydrogen (secondary N) is 1. The van der Waals surface area contributed by atoms with Crippen LogP contribution in [0.15, 0.2) is 77.7 Å². The van der Waals surface area contributed by atoms with Crippen molar-refractivity contribution >= 4 is 21.6 Å². The van der Waals surface area contributed by atoms with Gasteiger partial charge in [-0.25, -0.2) is 13.1 Å². The first-order chi connectivity index (χ1) is 15.5. The van der Waals surface area contributed by atoms with Crippen LogP contribution in [0.1, 0.15) is 15.9 Å². The Morgan fingerprint density at radius 3 is 2.59 bits per heavy atom. The molecule has 1 N–H and O–H groups in total. The molecule has 0 fully saturated rings. The van der Waals surface area contributed by atoms with E-state index in [9.17, 15) is 13.2 Å². The molecule has 0 aliphatic carbocycles. The van der Waals surface area contributed by atoms with E-state index in [-0.39, 0.29) is 28.7 Å². The van der Waals surface area contributed by atoms with E-state index in [1.165, 1.54) is 19.2 Å². The van der Waals surface area contributed by atoms with E-state index in [1.807, 2.05) is 42.5 Å². The van der Waals surface area contributed by atoms with Crippen molar-refractivity contribution in [1.82, 2.24) is 4.72 Å². The van der Waals surface area contributed by atoms with Crippen molar-refractivity contribution in [2.45, 2.75) is 11.3 Å². The topological polar surface area (TPSA) is 84.9 Å². The van der Waals surface area contributed by atoms with Crippen molar-refractivity contribution in [3.05, 3.63) is 83.9 Å². The zero-order valence-corrected chi connectivity index (χ0v) is 18.5. The van der Waals surface area contributed by atoms with Crippen molar-refractivity contribution in [1.29, 1.82) is 0 Å². The van der Waals surface area contributed by atoms with E-state index >= 15 is 0 Å². The van der Waals surface area contributed by atoms with Crippen molar-refractivity contribution in [3.8, 4) is 11.5 Å². The van der Waals surface area contributed by atoms with Crippen molar-refractivity contribution in [2.75, 3.05) is 31.7 Å². The molecule has 0 saturated carbocycles. The van der Waals surface area contributed by atoms with Gasteiger partial charge < -0.3 is 14.4 Å². The first kappa shape index (κ1) is 21.9. The van der Waals surface area contributed by atoms with Crippen LogP contribution in [0.4, 0.5) is 5.69 Å². The number of rotatable bonds is 7. The predicted molar refractivity (Wildman–Crippen MR) is 122 cm³/mol. The number of amides is 1. The van der Waals surface area contributed by atoms with E-state index in [0.29, 0.717) is 31.0 Å². The predicted octanol–water partition coefficient (Wildman–Crippen LogP) is 3.26. The van der Waals surface area contributed by atoms with Gasteiger partial charge in [-0.2, -0.15) is 0 Å². The molecule has 0 radical (unpaired) electrons. The van der Waals surface area contributed by atoms with Gasteiger partial charge in [-0.05, 0) is 42.3 Å². The average molecular weight is 453 g/mol. The first-order valence-electron chi connectivity index (χ1n) is 10.2. The van der Waals surface area contributed by atoms with E-state index < -0.39 is 10.0 Å². The molecule has 32 heavy (non-hydrogen) atoms. The molecule has 0 bridgehead atoms. The number of sulfonamides is 1. The van der Waals surface area contributed by atoms with Crippen LogP contribution in [0.3, 0.4) is 0 Å². The molecule has 0 saturated heterocycles. The SMILES string of the molecule is COc1ccc(C(=O)N2CCOc3ccccc32)cc1S(=O)(=O)NCCc1ccccc1. The number of hydrogen-bond donors (Lipinski definition) is 1. The van der Waals surface area contributed by atoms with Gasteiger partial charge in [0.1, 0.15) is 23.0 Å². The van der Waals surface area contributed by atoms with Gasteiger partial charge >= 0.3 is 0 Å². The van der Waals surface area contributed by atoms with Gasteiger partial charge in [0.25, 0.3) is 5.91 Å². The van der Waals surface area contributed by atoms with Crippen molar-refractivity contribution < 1.29 is 22.7 Å². The van der Waals surface area contributed by atoms with Crippen LogP contribution < -0.4 is 19.1 Å². The second kappa shape index (κ2) is 9.42. The minimum Gasteiger partial charge on any atom is -0.495 e. The number of anilines is 1. The summed E-state index contributed by atoms with van der Waals surface area (Å²) in [7, 11) is -2.49. The van der Waals surface area contributed by atoms with Gasteiger partial charge in [-0.1, -0.05) is 42.5 Å². The third kappa shape index (κ3) is 4.61. The van der Waals surface area contributed by atoms with Crippen molar-refractivity contribution in [3.63, 3.8) is 0 Å². The smallest absolute Gasteiger partial charge is 0.258 e. The molecule has 166 valence electrons. The molecular formula is C24H24N2O5S. The Morgan fingerprint density at radius 1 is 1.06 bits per heavy atom. The van der Waals surface area contributed by atoms with E-state index in [0.717, 1.165) is 5.56 Å². The number of carbonyl (C=O) groups is 1. The molecule has 3 aromatic rings. The minimum absolute atomic E-state index is 0.0690.